The first-order valence-electron chi connectivity index (χ1n) is 7.94. The van der Waals surface area contributed by atoms with Gasteiger partial charge in [0.15, 0.2) is 0 Å². The van der Waals surface area contributed by atoms with E-state index < -0.39 is 0 Å². The number of carbonyl (C=O) groups is 1. The number of pyridine rings is 1. The van der Waals surface area contributed by atoms with Crippen LogP contribution in [0.3, 0.4) is 0 Å². The third-order valence-corrected chi connectivity index (χ3v) is 3.81. The molecule has 1 aromatic carbocycles. The molecule has 1 atom stereocenters. The Kier molecular flexibility index (Phi) is 5.38. The summed E-state index contributed by atoms with van der Waals surface area (Å²) < 4.78 is 23.9. The zero-order valence-electron chi connectivity index (χ0n) is 13.2. The number of rotatable bonds is 6. The van der Waals surface area contributed by atoms with Gasteiger partial charge in [-0.05, 0) is 36.6 Å². The van der Waals surface area contributed by atoms with E-state index in [0.29, 0.717) is 24.6 Å². The Morgan fingerprint density at radius 2 is 2.12 bits per heavy atom. The summed E-state index contributed by atoms with van der Waals surface area (Å²) in [7, 11) is 0. The molecule has 0 radical (unpaired) electrons. The van der Waals surface area contributed by atoms with Crippen LogP contribution in [0.2, 0.25) is 0 Å². The third kappa shape index (κ3) is 4.52. The van der Waals surface area contributed by atoms with Crippen molar-refractivity contribution in [1.29, 1.82) is 0 Å². The van der Waals surface area contributed by atoms with Crippen molar-refractivity contribution in [2.75, 3.05) is 13.2 Å². The van der Waals surface area contributed by atoms with Gasteiger partial charge in [-0.15, -0.1) is 0 Å². The number of aromatic nitrogens is 1. The molecule has 5 nitrogen and oxygen atoms in total. The molecule has 0 unspecified atom stereocenters. The highest BCUT2D eigenvalue weighted by Crippen LogP contribution is 2.14. The van der Waals surface area contributed by atoms with Crippen LogP contribution in [0.4, 0.5) is 4.39 Å². The average Bonchev–Trinajstić information content (AvgIpc) is 3.13. The van der Waals surface area contributed by atoms with Crippen LogP contribution in [0.5, 0.6) is 5.88 Å². The molecular formula is C18H19FN2O3. The minimum Gasteiger partial charge on any atom is -0.475 e. The second-order valence-corrected chi connectivity index (χ2v) is 5.64. The highest BCUT2D eigenvalue weighted by atomic mass is 19.1. The summed E-state index contributed by atoms with van der Waals surface area (Å²) in [6.45, 7) is 1.59. The van der Waals surface area contributed by atoms with Crippen molar-refractivity contribution in [3.63, 3.8) is 0 Å². The Morgan fingerprint density at radius 1 is 1.29 bits per heavy atom. The molecule has 1 aliphatic rings. The molecule has 0 spiro atoms. The first-order valence-corrected chi connectivity index (χ1v) is 7.94. The van der Waals surface area contributed by atoms with E-state index in [4.69, 9.17) is 9.47 Å². The lowest BCUT2D eigenvalue weighted by molar-refractivity contribution is 0.0663. The van der Waals surface area contributed by atoms with Crippen molar-refractivity contribution in [3.8, 4) is 5.88 Å². The van der Waals surface area contributed by atoms with Crippen LogP contribution >= 0.6 is 0 Å². The molecule has 1 aromatic heterocycles. The molecule has 0 bridgehead atoms. The number of hydrogen-bond acceptors (Lipinski definition) is 4. The standard InChI is InChI=1S/C18H19FN2O3/c19-15-6-3-13(4-7-15)10-21-18(22)14-5-8-17(20-11-14)24-12-16-2-1-9-23-16/h3-8,11,16H,1-2,9-10,12H2,(H,21,22)/t16-/m1/s1. The minimum atomic E-state index is -0.298. The fourth-order valence-electron chi connectivity index (χ4n) is 2.44. The van der Waals surface area contributed by atoms with E-state index in [1.54, 1.807) is 24.3 Å². The van der Waals surface area contributed by atoms with Crippen LogP contribution in [-0.4, -0.2) is 30.2 Å². The summed E-state index contributed by atoms with van der Waals surface area (Å²) in [6, 6.07) is 9.33. The first-order chi connectivity index (χ1) is 11.7. The van der Waals surface area contributed by atoms with Crippen LogP contribution in [0.25, 0.3) is 0 Å². The number of benzene rings is 1. The Bertz CT molecular complexity index is 668. The molecule has 126 valence electrons. The molecule has 2 aromatic rings. The maximum Gasteiger partial charge on any atom is 0.253 e. The van der Waals surface area contributed by atoms with Gasteiger partial charge in [-0.3, -0.25) is 4.79 Å². The van der Waals surface area contributed by atoms with Gasteiger partial charge in [-0.1, -0.05) is 12.1 Å². The van der Waals surface area contributed by atoms with E-state index in [-0.39, 0.29) is 17.8 Å². The molecule has 24 heavy (non-hydrogen) atoms. The summed E-state index contributed by atoms with van der Waals surface area (Å²) in [4.78, 5) is 16.2. The van der Waals surface area contributed by atoms with Gasteiger partial charge in [0.2, 0.25) is 5.88 Å². The maximum absolute atomic E-state index is 12.8. The van der Waals surface area contributed by atoms with E-state index >= 15 is 0 Å². The van der Waals surface area contributed by atoms with Gasteiger partial charge in [0.25, 0.3) is 5.91 Å². The highest BCUT2D eigenvalue weighted by Gasteiger charge is 2.16. The van der Waals surface area contributed by atoms with Crippen LogP contribution in [0.1, 0.15) is 28.8 Å². The van der Waals surface area contributed by atoms with Gasteiger partial charge in [-0.25, -0.2) is 9.37 Å². The predicted octanol–water partition coefficient (Wildman–Crippen LogP) is 2.71. The van der Waals surface area contributed by atoms with Crippen molar-refractivity contribution >= 4 is 5.91 Å². The molecule has 1 saturated heterocycles. The Hall–Kier alpha value is -2.47. The van der Waals surface area contributed by atoms with Crippen molar-refractivity contribution in [2.24, 2.45) is 0 Å². The fraction of sp³-hybridized carbons (Fsp3) is 0.333. The largest absolute Gasteiger partial charge is 0.475 e. The number of hydrogen-bond donors (Lipinski definition) is 1. The molecule has 1 fully saturated rings. The van der Waals surface area contributed by atoms with E-state index in [1.807, 2.05) is 0 Å². The number of amides is 1. The minimum absolute atomic E-state index is 0.130. The lowest BCUT2D eigenvalue weighted by atomic mass is 10.2. The zero-order chi connectivity index (χ0) is 16.8. The van der Waals surface area contributed by atoms with Gasteiger partial charge in [0, 0.05) is 25.4 Å². The number of ether oxygens (including phenoxy) is 2. The molecule has 0 aliphatic carbocycles. The monoisotopic (exact) mass is 330 g/mol. The molecule has 1 N–H and O–H groups in total. The van der Waals surface area contributed by atoms with Crippen LogP contribution < -0.4 is 10.1 Å². The first kappa shape index (κ1) is 16.4. The van der Waals surface area contributed by atoms with E-state index in [1.165, 1.54) is 18.3 Å². The van der Waals surface area contributed by atoms with Crippen molar-refractivity contribution in [3.05, 3.63) is 59.5 Å². The molecule has 1 amide bonds. The van der Waals surface area contributed by atoms with E-state index in [2.05, 4.69) is 10.3 Å². The van der Waals surface area contributed by atoms with Crippen molar-refractivity contribution in [2.45, 2.75) is 25.5 Å². The topological polar surface area (TPSA) is 60.5 Å². The Morgan fingerprint density at radius 3 is 2.79 bits per heavy atom. The lowest BCUT2D eigenvalue weighted by Gasteiger charge is -2.11. The summed E-state index contributed by atoms with van der Waals surface area (Å²) in [5.41, 5.74) is 1.27. The SMILES string of the molecule is O=C(NCc1ccc(F)cc1)c1ccc(OC[C@H]2CCCO2)nc1. The summed E-state index contributed by atoms with van der Waals surface area (Å²) in [5, 5.41) is 2.77. The zero-order valence-corrected chi connectivity index (χ0v) is 13.2. The summed E-state index contributed by atoms with van der Waals surface area (Å²) in [6.07, 6.45) is 3.68. The second kappa shape index (κ2) is 7.88. The molecule has 2 heterocycles. The van der Waals surface area contributed by atoms with Crippen molar-refractivity contribution < 1.29 is 18.7 Å². The second-order valence-electron chi connectivity index (χ2n) is 5.64. The van der Waals surface area contributed by atoms with Gasteiger partial charge >= 0.3 is 0 Å². The Labute approximate surface area is 139 Å². The van der Waals surface area contributed by atoms with E-state index in [0.717, 1.165) is 25.0 Å². The molecule has 3 rings (SSSR count). The van der Waals surface area contributed by atoms with Crippen LogP contribution in [-0.2, 0) is 11.3 Å². The number of carbonyl (C=O) groups excluding carboxylic acids is 1. The highest BCUT2D eigenvalue weighted by molar-refractivity contribution is 5.93. The van der Waals surface area contributed by atoms with Gasteiger partial charge in [-0.2, -0.15) is 0 Å². The maximum atomic E-state index is 12.8. The summed E-state index contributed by atoms with van der Waals surface area (Å²) >= 11 is 0. The third-order valence-electron chi connectivity index (χ3n) is 3.81. The molecular weight excluding hydrogens is 311 g/mol. The van der Waals surface area contributed by atoms with Gasteiger partial charge < -0.3 is 14.8 Å². The van der Waals surface area contributed by atoms with Crippen LogP contribution in [0, 0.1) is 5.82 Å². The van der Waals surface area contributed by atoms with Gasteiger partial charge in [0.1, 0.15) is 12.4 Å². The number of nitrogens with one attached hydrogen (secondary N) is 1. The lowest BCUT2D eigenvalue weighted by Crippen LogP contribution is -2.23. The number of halogens is 1. The molecule has 1 aliphatic heterocycles. The fourth-order valence-corrected chi connectivity index (χ4v) is 2.44. The van der Waals surface area contributed by atoms with Crippen molar-refractivity contribution in [1.82, 2.24) is 10.3 Å². The molecule has 0 saturated carbocycles. The van der Waals surface area contributed by atoms with Gasteiger partial charge in [0.05, 0.1) is 11.7 Å². The predicted molar refractivity (Wildman–Crippen MR) is 86.3 cm³/mol. The number of nitrogens with zero attached hydrogens (tertiary/aromatic N) is 1. The molecule has 6 heteroatoms. The van der Waals surface area contributed by atoms with Crippen LogP contribution in [0.15, 0.2) is 42.6 Å². The normalized spacial score (nSPS) is 16.8. The smallest absolute Gasteiger partial charge is 0.253 e. The Balaban J connectivity index is 1.48. The quantitative estimate of drug-likeness (QED) is 0.885. The average molecular weight is 330 g/mol. The van der Waals surface area contributed by atoms with E-state index in [9.17, 15) is 9.18 Å². The summed E-state index contributed by atoms with van der Waals surface area (Å²) in [5.74, 6) is -0.0639.